The standard InChI is InChI=1S/C15H30N2O/c1-5-12(6-2)15(18)17(4)14-10-8-13(9-11-14)16-7-3/h12-14,16H,5-11H2,1-4H3. The molecule has 0 aromatic rings. The SMILES string of the molecule is CCNC1CCC(N(C)C(=O)C(CC)CC)CC1. The molecule has 0 aromatic heterocycles. The monoisotopic (exact) mass is 254 g/mol. The highest BCUT2D eigenvalue weighted by atomic mass is 16.2. The number of hydrogen-bond acceptors (Lipinski definition) is 2. The van der Waals surface area contributed by atoms with Crippen molar-refractivity contribution >= 4 is 5.91 Å². The quantitative estimate of drug-likeness (QED) is 0.790. The molecule has 3 heteroatoms. The first kappa shape index (κ1) is 15.5. The number of nitrogens with zero attached hydrogens (tertiary/aromatic N) is 1. The summed E-state index contributed by atoms with van der Waals surface area (Å²) in [5, 5.41) is 3.51. The topological polar surface area (TPSA) is 32.3 Å². The largest absolute Gasteiger partial charge is 0.343 e. The molecule has 0 unspecified atom stereocenters. The molecule has 1 N–H and O–H groups in total. The van der Waals surface area contributed by atoms with Gasteiger partial charge in [-0.1, -0.05) is 20.8 Å². The summed E-state index contributed by atoms with van der Waals surface area (Å²) in [6, 6.07) is 1.14. The summed E-state index contributed by atoms with van der Waals surface area (Å²) in [5.41, 5.74) is 0. The van der Waals surface area contributed by atoms with Crippen LogP contribution in [0.25, 0.3) is 0 Å². The van der Waals surface area contributed by atoms with Crippen molar-refractivity contribution in [1.82, 2.24) is 10.2 Å². The van der Waals surface area contributed by atoms with Crippen LogP contribution in [-0.2, 0) is 4.79 Å². The van der Waals surface area contributed by atoms with Crippen molar-refractivity contribution in [2.75, 3.05) is 13.6 Å². The van der Waals surface area contributed by atoms with E-state index >= 15 is 0 Å². The zero-order valence-electron chi connectivity index (χ0n) is 12.5. The number of nitrogens with one attached hydrogen (secondary N) is 1. The van der Waals surface area contributed by atoms with E-state index < -0.39 is 0 Å². The first-order valence-corrected chi connectivity index (χ1v) is 7.63. The number of hydrogen-bond donors (Lipinski definition) is 1. The van der Waals surface area contributed by atoms with Crippen LogP contribution in [0.15, 0.2) is 0 Å². The second-order valence-electron chi connectivity index (χ2n) is 5.53. The molecule has 18 heavy (non-hydrogen) atoms. The minimum Gasteiger partial charge on any atom is -0.343 e. The molecule has 0 heterocycles. The molecule has 1 saturated carbocycles. The lowest BCUT2D eigenvalue weighted by molar-refractivity contribution is -0.137. The van der Waals surface area contributed by atoms with Gasteiger partial charge in [-0.15, -0.1) is 0 Å². The average Bonchev–Trinajstić information content (AvgIpc) is 2.40. The highest BCUT2D eigenvalue weighted by molar-refractivity contribution is 5.78. The van der Waals surface area contributed by atoms with E-state index in [9.17, 15) is 4.79 Å². The molecule has 0 bridgehead atoms. The van der Waals surface area contributed by atoms with E-state index in [1.165, 1.54) is 12.8 Å². The summed E-state index contributed by atoms with van der Waals surface area (Å²) in [6.07, 6.45) is 6.65. The Labute approximate surface area is 112 Å². The van der Waals surface area contributed by atoms with E-state index in [0.29, 0.717) is 18.0 Å². The van der Waals surface area contributed by atoms with Gasteiger partial charge in [-0.3, -0.25) is 4.79 Å². The Hall–Kier alpha value is -0.570. The number of rotatable bonds is 6. The lowest BCUT2D eigenvalue weighted by Crippen LogP contribution is -2.45. The molecule has 1 fully saturated rings. The predicted molar refractivity (Wildman–Crippen MR) is 76.6 cm³/mol. The Morgan fingerprint density at radius 2 is 1.72 bits per heavy atom. The third-order valence-electron chi connectivity index (χ3n) is 4.42. The van der Waals surface area contributed by atoms with Crippen LogP contribution in [0.2, 0.25) is 0 Å². The highest BCUT2D eigenvalue weighted by Crippen LogP contribution is 2.24. The first-order chi connectivity index (χ1) is 8.63. The zero-order valence-corrected chi connectivity index (χ0v) is 12.5. The van der Waals surface area contributed by atoms with Crippen LogP contribution in [0.4, 0.5) is 0 Å². The van der Waals surface area contributed by atoms with Gasteiger partial charge in [-0.2, -0.15) is 0 Å². The smallest absolute Gasteiger partial charge is 0.225 e. The van der Waals surface area contributed by atoms with E-state index in [2.05, 4.69) is 26.1 Å². The normalized spacial score (nSPS) is 24.3. The van der Waals surface area contributed by atoms with Gasteiger partial charge in [0.15, 0.2) is 0 Å². The summed E-state index contributed by atoms with van der Waals surface area (Å²) in [5.74, 6) is 0.577. The Morgan fingerprint density at radius 1 is 1.17 bits per heavy atom. The van der Waals surface area contributed by atoms with Crippen molar-refractivity contribution in [3.05, 3.63) is 0 Å². The van der Waals surface area contributed by atoms with Crippen LogP contribution >= 0.6 is 0 Å². The van der Waals surface area contributed by atoms with Crippen LogP contribution in [-0.4, -0.2) is 36.5 Å². The molecule has 3 nitrogen and oxygen atoms in total. The van der Waals surface area contributed by atoms with Crippen LogP contribution in [0, 0.1) is 5.92 Å². The molecule has 0 radical (unpaired) electrons. The third kappa shape index (κ3) is 3.98. The van der Waals surface area contributed by atoms with Gasteiger partial charge in [-0.25, -0.2) is 0 Å². The highest BCUT2D eigenvalue weighted by Gasteiger charge is 2.28. The van der Waals surface area contributed by atoms with Gasteiger partial charge in [0.2, 0.25) is 5.91 Å². The average molecular weight is 254 g/mol. The molecular formula is C15H30N2O. The van der Waals surface area contributed by atoms with Crippen LogP contribution in [0.1, 0.15) is 59.3 Å². The molecule has 1 rings (SSSR count). The van der Waals surface area contributed by atoms with Gasteiger partial charge in [-0.05, 0) is 45.1 Å². The second-order valence-corrected chi connectivity index (χ2v) is 5.53. The molecule has 1 amide bonds. The van der Waals surface area contributed by atoms with E-state index in [-0.39, 0.29) is 5.92 Å². The molecule has 1 aliphatic carbocycles. The molecule has 0 spiro atoms. The summed E-state index contributed by atoms with van der Waals surface area (Å²) in [6.45, 7) is 7.44. The Morgan fingerprint density at radius 3 is 2.17 bits per heavy atom. The van der Waals surface area contributed by atoms with Crippen molar-refractivity contribution in [3.63, 3.8) is 0 Å². The van der Waals surface area contributed by atoms with E-state index in [4.69, 9.17) is 0 Å². The fourth-order valence-corrected chi connectivity index (χ4v) is 3.06. The van der Waals surface area contributed by atoms with Crippen molar-refractivity contribution in [2.45, 2.75) is 71.4 Å². The van der Waals surface area contributed by atoms with Crippen molar-refractivity contribution < 1.29 is 4.79 Å². The predicted octanol–water partition coefficient (Wildman–Crippen LogP) is 2.80. The Balaban J connectivity index is 2.44. The van der Waals surface area contributed by atoms with E-state index in [1.807, 2.05) is 11.9 Å². The Kier molecular flexibility index (Phi) is 6.69. The van der Waals surface area contributed by atoms with E-state index in [1.54, 1.807) is 0 Å². The summed E-state index contributed by atoms with van der Waals surface area (Å²) in [4.78, 5) is 14.3. The van der Waals surface area contributed by atoms with Gasteiger partial charge in [0.05, 0.1) is 0 Å². The Bertz CT molecular complexity index is 243. The summed E-state index contributed by atoms with van der Waals surface area (Å²) in [7, 11) is 2.00. The lowest BCUT2D eigenvalue weighted by atomic mass is 9.89. The fraction of sp³-hybridized carbons (Fsp3) is 0.933. The second kappa shape index (κ2) is 7.78. The van der Waals surface area contributed by atoms with Gasteiger partial charge in [0.1, 0.15) is 0 Å². The van der Waals surface area contributed by atoms with Crippen LogP contribution < -0.4 is 5.32 Å². The van der Waals surface area contributed by atoms with Crippen LogP contribution in [0.3, 0.4) is 0 Å². The lowest BCUT2D eigenvalue weighted by Gasteiger charge is -2.36. The van der Waals surface area contributed by atoms with Gasteiger partial charge < -0.3 is 10.2 Å². The van der Waals surface area contributed by atoms with Gasteiger partial charge in [0, 0.05) is 25.0 Å². The fourth-order valence-electron chi connectivity index (χ4n) is 3.06. The molecule has 0 atom stereocenters. The van der Waals surface area contributed by atoms with Crippen molar-refractivity contribution in [3.8, 4) is 0 Å². The van der Waals surface area contributed by atoms with E-state index in [0.717, 1.165) is 32.2 Å². The maximum atomic E-state index is 12.3. The summed E-state index contributed by atoms with van der Waals surface area (Å²) < 4.78 is 0. The summed E-state index contributed by atoms with van der Waals surface area (Å²) >= 11 is 0. The van der Waals surface area contributed by atoms with Crippen molar-refractivity contribution in [2.24, 2.45) is 5.92 Å². The number of amides is 1. The number of carbonyl (C=O) groups excluding carboxylic acids is 1. The molecule has 0 aromatic carbocycles. The maximum Gasteiger partial charge on any atom is 0.225 e. The zero-order chi connectivity index (χ0) is 13.5. The third-order valence-corrected chi connectivity index (χ3v) is 4.42. The number of carbonyl (C=O) groups is 1. The van der Waals surface area contributed by atoms with Crippen LogP contribution in [0.5, 0.6) is 0 Å². The molecule has 106 valence electrons. The molecule has 0 saturated heterocycles. The minimum atomic E-state index is 0.224. The van der Waals surface area contributed by atoms with Gasteiger partial charge >= 0.3 is 0 Å². The van der Waals surface area contributed by atoms with Crippen molar-refractivity contribution in [1.29, 1.82) is 0 Å². The minimum absolute atomic E-state index is 0.224. The first-order valence-electron chi connectivity index (χ1n) is 7.63. The molecule has 1 aliphatic rings. The molecular weight excluding hydrogens is 224 g/mol. The van der Waals surface area contributed by atoms with Gasteiger partial charge in [0.25, 0.3) is 0 Å². The maximum absolute atomic E-state index is 12.3. The molecule has 0 aliphatic heterocycles.